The van der Waals surface area contributed by atoms with Gasteiger partial charge in [-0.3, -0.25) is 4.68 Å². The fourth-order valence-electron chi connectivity index (χ4n) is 1.90. The molecule has 2 unspecified atom stereocenters. The maximum Gasteiger partial charge on any atom is 0.0547 e. The van der Waals surface area contributed by atoms with E-state index in [1.807, 2.05) is 17.9 Å². The molecule has 0 fully saturated rings. The number of aromatic nitrogens is 2. The Balaban J connectivity index is 2.30. The number of rotatable bonds is 7. The van der Waals surface area contributed by atoms with Gasteiger partial charge < -0.3 is 10.2 Å². The molecule has 0 radical (unpaired) electrons. The van der Waals surface area contributed by atoms with Crippen LogP contribution in [0.5, 0.6) is 0 Å². The summed E-state index contributed by atoms with van der Waals surface area (Å²) in [7, 11) is 4.17. The lowest BCUT2D eigenvalue weighted by molar-refractivity contribution is 0.248. The van der Waals surface area contributed by atoms with Crippen molar-refractivity contribution in [3.8, 4) is 0 Å². The molecule has 98 valence electrons. The van der Waals surface area contributed by atoms with Gasteiger partial charge in [-0.1, -0.05) is 6.92 Å². The number of hydrogen-bond acceptors (Lipinski definition) is 3. The van der Waals surface area contributed by atoms with Crippen molar-refractivity contribution in [2.75, 3.05) is 20.1 Å². The van der Waals surface area contributed by atoms with Gasteiger partial charge in [0.25, 0.3) is 0 Å². The Labute approximate surface area is 105 Å². The highest BCUT2D eigenvalue weighted by molar-refractivity contribution is 5.05. The zero-order valence-corrected chi connectivity index (χ0v) is 11.8. The second-order valence-corrected chi connectivity index (χ2v) is 4.79. The van der Waals surface area contributed by atoms with Crippen LogP contribution in [0.2, 0.25) is 0 Å². The molecule has 1 rings (SSSR count). The van der Waals surface area contributed by atoms with Crippen LogP contribution in [0.1, 0.15) is 38.9 Å². The predicted octanol–water partition coefficient (Wildman–Crippen LogP) is 1.80. The largest absolute Gasteiger partial charge is 0.308 e. The van der Waals surface area contributed by atoms with Gasteiger partial charge in [-0.15, -0.1) is 0 Å². The minimum absolute atomic E-state index is 0.354. The van der Waals surface area contributed by atoms with Crippen LogP contribution in [0, 0.1) is 0 Å². The second-order valence-electron chi connectivity index (χ2n) is 4.79. The Bertz CT molecular complexity index is 321. The van der Waals surface area contributed by atoms with Crippen molar-refractivity contribution in [2.45, 2.75) is 39.3 Å². The van der Waals surface area contributed by atoms with E-state index in [9.17, 15) is 0 Å². The molecule has 1 aromatic rings. The number of aryl methyl sites for hydroxylation is 1. The minimum Gasteiger partial charge on any atom is -0.308 e. The number of nitrogens with one attached hydrogen (secondary N) is 1. The molecule has 4 heteroatoms. The fraction of sp³-hybridized carbons (Fsp3) is 0.769. The van der Waals surface area contributed by atoms with Crippen LogP contribution in [-0.4, -0.2) is 40.9 Å². The van der Waals surface area contributed by atoms with Crippen LogP contribution >= 0.6 is 0 Å². The lowest BCUT2D eigenvalue weighted by Gasteiger charge is -2.24. The van der Waals surface area contributed by atoms with Crippen molar-refractivity contribution in [3.63, 3.8) is 0 Å². The molecule has 0 aromatic carbocycles. The van der Waals surface area contributed by atoms with E-state index in [1.54, 1.807) is 0 Å². The third-order valence-corrected chi connectivity index (χ3v) is 3.56. The van der Waals surface area contributed by atoms with Crippen molar-refractivity contribution >= 4 is 0 Å². The summed E-state index contributed by atoms with van der Waals surface area (Å²) >= 11 is 0. The van der Waals surface area contributed by atoms with Gasteiger partial charge in [0.05, 0.1) is 5.69 Å². The van der Waals surface area contributed by atoms with Crippen molar-refractivity contribution in [3.05, 3.63) is 18.0 Å². The molecule has 1 N–H and O–H groups in total. The van der Waals surface area contributed by atoms with E-state index >= 15 is 0 Å². The summed E-state index contributed by atoms with van der Waals surface area (Å²) in [6.07, 6.45) is 3.05. The molecule has 0 amide bonds. The highest BCUT2D eigenvalue weighted by Crippen LogP contribution is 2.09. The Hall–Kier alpha value is -0.870. The molecule has 0 aliphatic carbocycles. The first kappa shape index (κ1) is 14.2. The van der Waals surface area contributed by atoms with Gasteiger partial charge in [0.2, 0.25) is 0 Å². The van der Waals surface area contributed by atoms with Crippen LogP contribution in [-0.2, 0) is 7.05 Å². The average Bonchev–Trinajstić information content (AvgIpc) is 2.74. The maximum atomic E-state index is 4.19. The van der Waals surface area contributed by atoms with Gasteiger partial charge in [0.15, 0.2) is 0 Å². The third-order valence-electron chi connectivity index (χ3n) is 3.56. The molecular formula is C13H26N4. The highest BCUT2D eigenvalue weighted by Gasteiger charge is 2.10. The Morgan fingerprint density at radius 3 is 2.71 bits per heavy atom. The SMILES string of the molecule is CCC(C)N(C)CCNC(C)c1ccnn1C. The zero-order valence-electron chi connectivity index (χ0n) is 11.8. The standard InChI is InChI=1S/C13H26N4/c1-6-11(2)16(4)10-9-14-12(3)13-7-8-15-17(13)5/h7-8,11-12,14H,6,9-10H2,1-5H3. The molecule has 0 saturated heterocycles. The van der Waals surface area contributed by atoms with Gasteiger partial charge in [0.1, 0.15) is 0 Å². The van der Waals surface area contributed by atoms with Gasteiger partial charge in [0, 0.05) is 38.4 Å². The molecule has 0 saturated carbocycles. The number of nitrogens with zero attached hydrogens (tertiary/aromatic N) is 3. The van der Waals surface area contributed by atoms with E-state index in [2.05, 4.69) is 49.2 Å². The molecule has 0 bridgehead atoms. The topological polar surface area (TPSA) is 33.1 Å². The fourth-order valence-corrected chi connectivity index (χ4v) is 1.90. The molecule has 17 heavy (non-hydrogen) atoms. The molecule has 0 aliphatic heterocycles. The zero-order chi connectivity index (χ0) is 12.8. The van der Waals surface area contributed by atoms with E-state index in [0.717, 1.165) is 13.1 Å². The summed E-state index contributed by atoms with van der Waals surface area (Å²) in [5, 5.41) is 7.72. The van der Waals surface area contributed by atoms with Crippen LogP contribution in [0.4, 0.5) is 0 Å². The van der Waals surface area contributed by atoms with E-state index in [0.29, 0.717) is 12.1 Å². The van der Waals surface area contributed by atoms with E-state index in [4.69, 9.17) is 0 Å². The quantitative estimate of drug-likeness (QED) is 0.786. The smallest absolute Gasteiger partial charge is 0.0547 e. The first-order valence-corrected chi connectivity index (χ1v) is 6.47. The summed E-state index contributed by atoms with van der Waals surface area (Å²) < 4.78 is 1.93. The van der Waals surface area contributed by atoms with E-state index in [-0.39, 0.29) is 0 Å². The molecule has 1 aromatic heterocycles. The van der Waals surface area contributed by atoms with Crippen LogP contribution in [0.3, 0.4) is 0 Å². The average molecular weight is 238 g/mol. The van der Waals surface area contributed by atoms with E-state index < -0.39 is 0 Å². The van der Waals surface area contributed by atoms with Crippen LogP contribution in [0.25, 0.3) is 0 Å². The number of hydrogen-bond donors (Lipinski definition) is 1. The van der Waals surface area contributed by atoms with Crippen LogP contribution < -0.4 is 5.32 Å². The summed E-state index contributed by atoms with van der Waals surface area (Å²) in [5.74, 6) is 0. The predicted molar refractivity (Wildman–Crippen MR) is 72.0 cm³/mol. The Kier molecular flexibility index (Phi) is 5.65. The highest BCUT2D eigenvalue weighted by atomic mass is 15.3. The lowest BCUT2D eigenvalue weighted by atomic mass is 10.2. The monoisotopic (exact) mass is 238 g/mol. The summed E-state index contributed by atoms with van der Waals surface area (Å²) in [5.41, 5.74) is 1.23. The first-order chi connectivity index (χ1) is 8.06. The van der Waals surface area contributed by atoms with Crippen molar-refractivity contribution in [2.24, 2.45) is 7.05 Å². The van der Waals surface area contributed by atoms with Crippen molar-refractivity contribution in [1.29, 1.82) is 0 Å². The molecule has 2 atom stereocenters. The van der Waals surface area contributed by atoms with E-state index in [1.165, 1.54) is 12.1 Å². The molecule has 4 nitrogen and oxygen atoms in total. The summed E-state index contributed by atoms with van der Waals surface area (Å²) in [6.45, 7) is 8.77. The number of likely N-dealkylation sites (N-methyl/N-ethyl adjacent to an activating group) is 1. The minimum atomic E-state index is 0.354. The van der Waals surface area contributed by atoms with Gasteiger partial charge in [-0.2, -0.15) is 5.10 Å². The van der Waals surface area contributed by atoms with Gasteiger partial charge >= 0.3 is 0 Å². The van der Waals surface area contributed by atoms with Gasteiger partial charge in [-0.25, -0.2) is 0 Å². The summed E-state index contributed by atoms with van der Waals surface area (Å²) in [4.78, 5) is 2.39. The normalized spacial score (nSPS) is 15.2. The van der Waals surface area contributed by atoms with Crippen molar-refractivity contribution in [1.82, 2.24) is 20.0 Å². The molecular weight excluding hydrogens is 212 g/mol. The Morgan fingerprint density at radius 2 is 2.18 bits per heavy atom. The molecule has 0 spiro atoms. The third kappa shape index (κ3) is 4.13. The maximum absolute atomic E-state index is 4.19. The second kappa shape index (κ2) is 6.77. The Morgan fingerprint density at radius 1 is 1.47 bits per heavy atom. The summed E-state index contributed by atoms with van der Waals surface area (Å²) in [6, 6.07) is 3.08. The van der Waals surface area contributed by atoms with Crippen LogP contribution in [0.15, 0.2) is 12.3 Å². The molecule has 0 aliphatic rings. The van der Waals surface area contributed by atoms with Crippen molar-refractivity contribution < 1.29 is 0 Å². The molecule has 1 heterocycles. The first-order valence-electron chi connectivity index (χ1n) is 6.47. The van der Waals surface area contributed by atoms with Gasteiger partial charge in [-0.05, 0) is 33.4 Å². The lowest BCUT2D eigenvalue weighted by Crippen LogP contribution is -2.36.